The Balaban J connectivity index is 0.000000139. The van der Waals surface area contributed by atoms with Gasteiger partial charge in [0.1, 0.15) is 0 Å². The Morgan fingerprint density at radius 2 is 0.459 bits per heavy atom. The Morgan fingerprint density at radius 1 is 0.245 bits per heavy atom. The summed E-state index contributed by atoms with van der Waals surface area (Å²) in [6.07, 6.45) is 45.2. The van der Waals surface area contributed by atoms with Crippen LogP contribution in [0, 0.1) is 59.2 Å². The Kier molecular flexibility index (Phi) is 23.5. The predicted octanol–water partition coefficient (Wildman–Crippen LogP) is 17.4. The van der Waals surface area contributed by atoms with Crippen molar-refractivity contribution in [2.24, 2.45) is 59.2 Å². The molecule has 0 aromatic carbocycles. The van der Waals surface area contributed by atoms with Gasteiger partial charge in [0.05, 0.1) is 73.2 Å². The number of epoxide rings is 6. The van der Waals surface area contributed by atoms with Gasteiger partial charge in [-0.25, -0.2) is 0 Å². The van der Waals surface area contributed by atoms with Crippen LogP contribution in [0.1, 0.15) is 206 Å². The van der Waals surface area contributed by atoms with E-state index in [-0.39, 0.29) is 0 Å². The van der Waals surface area contributed by atoms with E-state index < -0.39 is 68.5 Å². The zero-order valence-corrected chi connectivity index (χ0v) is 70.9. The van der Waals surface area contributed by atoms with Crippen molar-refractivity contribution in [1.82, 2.24) is 0 Å². The topological polar surface area (TPSA) is 167 Å². The molecule has 0 spiro atoms. The third-order valence-electron chi connectivity index (χ3n) is 28.3. The van der Waals surface area contributed by atoms with Crippen molar-refractivity contribution in [3.63, 3.8) is 0 Å². The SMILES string of the molecule is C1CC2C3CCC(C3)C2C1.CCOCC[Si]1(C)O[Si](C)(CCC2CCC3OC3C2)O[Si](C)(CCC2CCC3OC3C2)O[Si](C)(CCC2CCC3OC3C2)O1.CCOCC[Si]1(C)O[Si](C)(CCC2CCC3OC3C2)O[Si](C)(CCC2CCC3OC3C2)O[Si](C)(CCC2CCC3OC3C2)O1. The number of hydrogen-bond acceptors (Lipinski definition) is 16. The highest BCUT2D eigenvalue weighted by molar-refractivity contribution is 6.95. The van der Waals surface area contributed by atoms with E-state index in [1.54, 1.807) is 38.5 Å². The molecule has 9 aliphatic carbocycles. The Bertz CT molecular complexity index is 2380. The molecule has 98 heavy (non-hydrogen) atoms. The first kappa shape index (κ1) is 74.6. The lowest BCUT2D eigenvalue weighted by Gasteiger charge is -2.51. The normalized spacial score (nSPS) is 52.0. The van der Waals surface area contributed by atoms with Crippen LogP contribution in [0.5, 0.6) is 0 Å². The molecular formula is C74H136O16Si8. The summed E-state index contributed by atoms with van der Waals surface area (Å²) in [7, 11) is -20.8. The van der Waals surface area contributed by atoms with Crippen molar-refractivity contribution in [1.29, 1.82) is 0 Å². The van der Waals surface area contributed by atoms with Crippen LogP contribution in [0.3, 0.4) is 0 Å². The van der Waals surface area contributed by atoms with Crippen LogP contribution < -0.4 is 0 Å². The molecule has 0 amide bonds. The molecule has 16 nitrogen and oxygen atoms in total. The van der Waals surface area contributed by atoms with E-state index in [1.165, 1.54) is 178 Å². The molecule has 560 valence electrons. The molecule has 0 aromatic heterocycles. The molecule has 17 fully saturated rings. The first-order valence-electron chi connectivity index (χ1n) is 41.7. The number of ether oxygens (including phenoxy) is 8. The molecule has 26 atom stereocenters. The zero-order chi connectivity index (χ0) is 67.7. The second-order valence-electron chi connectivity index (χ2n) is 37.0. The molecule has 2 bridgehead atoms. The van der Waals surface area contributed by atoms with Crippen LogP contribution in [-0.4, -0.2) is 168 Å². The monoisotopic (exact) mass is 1500 g/mol. The number of hydrogen-bond donors (Lipinski definition) is 0. The number of rotatable bonds is 26. The van der Waals surface area contributed by atoms with Crippen molar-refractivity contribution in [3.05, 3.63) is 0 Å². The van der Waals surface area contributed by atoms with Gasteiger partial charge >= 0.3 is 68.5 Å². The lowest BCUT2D eigenvalue weighted by atomic mass is 9.82. The fraction of sp³-hybridized carbons (Fsp3) is 1.00. The van der Waals surface area contributed by atoms with Gasteiger partial charge in [-0.05, 0) is 348 Å². The van der Waals surface area contributed by atoms with Crippen LogP contribution in [0.4, 0.5) is 0 Å². The van der Waals surface area contributed by atoms with E-state index in [0.717, 1.165) is 73.4 Å². The van der Waals surface area contributed by atoms with Gasteiger partial charge in [0.25, 0.3) is 0 Å². The minimum Gasteiger partial charge on any atom is -0.416 e. The van der Waals surface area contributed by atoms with Crippen molar-refractivity contribution in [2.45, 2.75) is 380 Å². The highest BCUT2D eigenvalue weighted by Crippen LogP contribution is 2.59. The highest BCUT2D eigenvalue weighted by atomic mass is 28.5. The summed E-state index contributed by atoms with van der Waals surface area (Å²) in [5.41, 5.74) is 0. The third kappa shape index (κ3) is 19.6. The molecule has 9 saturated carbocycles. The minimum absolute atomic E-state index is 0.512. The standard InChI is InChI=1S/2C32H60O8Si4.C10H16/c2*1-6-33-16-20-44(5)39-42(3,18-14-25-8-11-28-31(22-25)35-28)37-41(2,17-13-24-7-10-27-30(21-24)34-27)38-43(4,40-44)19-15-26-9-12-29-32(23-26)36-29;1-2-9-7-4-5-8(6-7)10(9)3-1/h2*24-32H,6-23H2,1-5H3;7-10H,1-6H2. The van der Waals surface area contributed by atoms with Crippen molar-refractivity contribution < 1.29 is 70.8 Å². The maximum atomic E-state index is 7.54. The predicted molar refractivity (Wildman–Crippen MR) is 398 cm³/mol. The van der Waals surface area contributed by atoms with Gasteiger partial charge < -0.3 is 70.8 Å². The van der Waals surface area contributed by atoms with Gasteiger partial charge in [0.15, 0.2) is 0 Å². The van der Waals surface area contributed by atoms with E-state index in [4.69, 9.17) is 70.8 Å². The van der Waals surface area contributed by atoms with E-state index in [2.05, 4.69) is 66.2 Å². The maximum absolute atomic E-state index is 7.54. The fourth-order valence-electron chi connectivity index (χ4n) is 22.8. The van der Waals surface area contributed by atoms with Crippen molar-refractivity contribution in [2.75, 3.05) is 26.4 Å². The van der Waals surface area contributed by atoms with E-state index in [9.17, 15) is 0 Å². The average Bonchev–Trinajstić information content (AvgIpc) is 1.58. The smallest absolute Gasteiger partial charge is 0.319 e. The van der Waals surface area contributed by atoms with Crippen molar-refractivity contribution in [3.8, 4) is 0 Å². The van der Waals surface area contributed by atoms with Gasteiger partial charge in [0, 0.05) is 38.5 Å². The molecule has 0 N–H and O–H groups in total. The van der Waals surface area contributed by atoms with Crippen LogP contribution in [-0.2, 0) is 70.8 Å². The van der Waals surface area contributed by atoms with E-state index in [0.29, 0.717) is 110 Å². The summed E-state index contributed by atoms with van der Waals surface area (Å²) in [5.74, 6) is 9.09. The lowest BCUT2D eigenvalue weighted by molar-refractivity contribution is 0.149. The Hall–Kier alpha value is 1.10. The second kappa shape index (κ2) is 30.9. The van der Waals surface area contributed by atoms with Gasteiger partial charge in [-0.2, -0.15) is 0 Å². The largest absolute Gasteiger partial charge is 0.416 e. The lowest BCUT2D eigenvalue weighted by Crippen LogP contribution is -2.67. The zero-order valence-electron chi connectivity index (χ0n) is 62.9. The van der Waals surface area contributed by atoms with Crippen molar-refractivity contribution >= 4 is 68.5 Å². The quantitative estimate of drug-likeness (QED) is 0.0455. The molecule has 26 unspecified atom stereocenters. The molecule has 8 aliphatic heterocycles. The summed E-state index contributed by atoms with van der Waals surface area (Å²) in [5, 5.41) is 0. The van der Waals surface area contributed by atoms with Gasteiger partial charge in [-0.15, -0.1) is 0 Å². The minimum atomic E-state index is -2.63. The molecule has 0 radical (unpaired) electrons. The average molecular weight is 1510 g/mol. The summed E-state index contributed by atoms with van der Waals surface area (Å²) < 4.78 is 107. The first-order valence-corrected chi connectivity index (χ1v) is 61.9. The molecule has 8 heterocycles. The third-order valence-corrected chi connectivity index (χ3v) is 65.4. The van der Waals surface area contributed by atoms with E-state index in [1.807, 2.05) is 0 Å². The molecule has 0 aromatic rings. The molecule has 17 aliphatic rings. The Labute approximate surface area is 601 Å². The van der Waals surface area contributed by atoms with Crippen LogP contribution in [0.25, 0.3) is 0 Å². The molecule has 24 heteroatoms. The fourth-order valence-corrected chi connectivity index (χ4v) is 69.5. The van der Waals surface area contributed by atoms with Crippen LogP contribution >= 0.6 is 0 Å². The van der Waals surface area contributed by atoms with Gasteiger partial charge in [-0.1, -0.05) is 6.42 Å². The summed E-state index contributed by atoms with van der Waals surface area (Å²) in [4.78, 5) is 0. The highest BCUT2D eigenvalue weighted by Gasteiger charge is 2.61. The molecule has 8 saturated heterocycles. The van der Waals surface area contributed by atoms with Gasteiger partial charge in [0.2, 0.25) is 0 Å². The number of fused-ring (bicyclic) bond motifs is 11. The molecular weight excluding hydrogens is 1370 g/mol. The van der Waals surface area contributed by atoms with Crippen LogP contribution in [0.15, 0.2) is 0 Å². The maximum Gasteiger partial charge on any atom is 0.319 e. The van der Waals surface area contributed by atoms with Crippen LogP contribution in [0.2, 0.25) is 101 Å². The first-order chi connectivity index (χ1) is 47.0. The van der Waals surface area contributed by atoms with Gasteiger partial charge in [-0.3, -0.25) is 0 Å². The van der Waals surface area contributed by atoms with E-state index >= 15 is 0 Å². The second-order valence-corrected chi connectivity index (χ2v) is 65.6. The summed E-state index contributed by atoms with van der Waals surface area (Å²) >= 11 is 0. The Morgan fingerprint density at radius 3 is 0.663 bits per heavy atom. The summed E-state index contributed by atoms with van der Waals surface area (Å²) in [6.45, 7) is 25.6. The summed E-state index contributed by atoms with van der Waals surface area (Å²) in [6, 6.07) is 7.82. The molecule has 17 rings (SSSR count).